The number of pyridine rings is 1. The molecular weight excluding hydrogens is 574 g/mol. The molecule has 4 rings (SSSR count). The normalized spacial score (nSPS) is 18.1. The molecule has 1 aliphatic heterocycles. The summed E-state index contributed by atoms with van der Waals surface area (Å²) in [6, 6.07) is 17.9. The van der Waals surface area contributed by atoms with Crippen LogP contribution >= 0.6 is 11.8 Å². The Morgan fingerprint density at radius 1 is 0.930 bits per heavy atom. The maximum Gasteiger partial charge on any atom is 0.338 e. The minimum absolute atomic E-state index is 0.0633. The van der Waals surface area contributed by atoms with Crippen LogP contribution in [-0.2, 0) is 25.7 Å². The van der Waals surface area contributed by atoms with Crippen molar-refractivity contribution in [2.45, 2.75) is 68.7 Å². The van der Waals surface area contributed by atoms with Gasteiger partial charge in [0.2, 0.25) is 11.8 Å². The SMILES string of the molecule is O=C(CCCCCC(=O)Nc1cccc([C@H]2O[C@@H](CSc3ncccc3C(=O)O)C[C@@H](c3ccc(CO)cc3)O2)c1)NO. The number of unbranched alkanes of at least 4 members (excludes halogenated alkanes) is 2. The van der Waals surface area contributed by atoms with Gasteiger partial charge in [-0.2, -0.15) is 0 Å². The monoisotopic (exact) mass is 609 g/mol. The van der Waals surface area contributed by atoms with Gasteiger partial charge in [-0.1, -0.05) is 42.8 Å². The van der Waals surface area contributed by atoms with Gasteiger partial charge in [-0.05, 0) is 48.2 Å². The van der Waals surface area contributed by atoms with E-state index in [9.17, 15) is 24.6 Å². The zero-order valence-corrected chi connectivity index (χ0v) is 24.3. The van der Waals surface area contributed by atoms with Gasteiger partial charge in [-0.25, -0.2) is 15.3 Å². The standard InChI is InChI=1S/C31H35N3O8S/c35-18-20-11-13-21(14-12-20)26-17-24(19-43-29-25(30(38)39)8-5-15-32-29)41-31(42-26)22-6-4-7-23(16-22)33-27(36)9-2-1-3-10-28(37)34-40/h4-8,11-16,24,26,31,35,40H,1-3,9-10,17-19H2,(H,33,36)(H,34,37)(H,38,39)/t24-,26+,31+/m1/s1. The Bertz CT molecular complexity index is 1390. The average molecular weight is 610 g/mol. The van der Waals surface area contributed by atoms with Gasteiger partial charge >= 0.3 is 5.97 Å². The number of aliphatic hydroxyl groups is 1. The van der Waals surface area contributed by atoms with E-state index in [0.717, 1.165) is 11.1 Å². The third-order valence-electron chi connectivity index (χ3n) is 6.90. The molecule has 5 N–H and O–H groups in total. The number of nitrogens with one attached hydrogen (secondary N) is 2. The van der Waals surface area contributed by atoms with Crippen LogP contribution in [0, 0.1) is 0 Å². The number of ether oxygens (including phenoxy) is 2. The van der Waals surface area contributed by atoms with Crippen LogP contribution in [0.25, 0.3) is 0 Å². The van der Waals surface area contributed by atoms with E-state index in [1.165, 1.54) is 17.8 Å². The number of hydrogen-bond donors (Lipinski definition) is 5. The summed E-state index contributed by atoms with van der Waals surface area (Å²) < 4.78 is 12.7. The van der Waals surface area contributed by atoms with Crippen molar-refractivity contribution in [3.05, 3.63) is 89.1 Å². The lowest BCUT2D eigenvalue weighted by atomic mass is 10.0. The molecule has 43 heavy (non-hydrogen) atoms. The molecule has 1 aromatic heterocycles. The number of amides is 2. The zero-order chi connectivity index (χ0) is 30.6. The Balaban J connectivity index is 1.44. The Morgan fingerprint density at radius 2 is 1.70 bits per heavy atom. The summed E-state index contributed by atoms with van der Waals surface area (Å²) in [4.78, 5) is 39.5. The van der Waals surface area contributed by atoms with Gasteiger partial charge in [0.25, 0.3) is 0 Å². The minimum Gasteiger partial charge on any atom is -0.478 e. The lowest BCUT2D eigenvalue weighted by Gasteiger charge is -2.36. The number of carboxylic acid groups (broad SMARTS) is 1. The van der Waals surface area contributed by atoms with Crippen molar-refractivity contribution in [1.29, 1.82) is 0 Å². The molecule has 2 heterocycles. The summed E-state index contributed by atoms with van der Waals surface area (Å²) in [6.45, 7) is -0.0633. The Kier molecular flexibility index (Phi) is 12.1. The first kappa shape index (κ1) is 32.1. The molecule has 0 radical (unpaired) electrons. The second-order valence-corrected chi connectivity index (χ2v) is 11.1. The number of carbonyl (C=O) groups is 3. The van der Waals surface area contributed by atoms with Crippen LogP contribution in [-0.4, -0.2) is 50.0 Å². The highest BCUT2D eigenvalue weighted by molar-refractivity contribution is 7.99. The highest BCUT2D eigenvalue weighted by Gasteiger charge is 2.33. The van der Waals surface area contributed by atoms with Crippen molar-refractivity contribution in [3.63, 3.8) is 0 Å². The number of hydroxylamine groups is 1. The molecule has 228 valence electrons. The summed E-state index contributed by atoms with van der Waals surface area (Å²) in [6.07, 6.45) is 3.05. The van der Waals surface area contributed by atoms with Crippen molar-refractivity contribution in [2.75, 3.05) is 11.1 Å². The van der Waals surface area contributed by atoms with E-state index < -0.39 is 18.2 Å². The van der Waals surface area contributed by atoms with Crippen LogP contribution < -0.4 is 10.8 Å². The average Bonchev–Trinajstić information content (AvgIpc) is 3.03. The quantitative estimate of drug-likeness (QED) is 0.0726. The zero-order valence-electron chi connectivity index (χ0n) is 23.5. The van der Waals surface area contributed by atoms with Crippen LogP contribution in [0.15, 0.2) is 71.9 Å². The molecule has 1 fully saturated rings. The van der Waals surface area contributed by atoms with Crippen molar-refractivity contribution in [1.82, 2.24) is 10.5 Å². The van der Waals surface area contributed by atoms with E-state index in [-0.39, 0.29) is 36.7 Å². The first-order chi connectivity index (χ1) is 20.9. The van der Waals surface area contributed by atoms with Crippen LogP contribution in [0.4, 0.5) is 5.69 Å². The molecule has 0 spiro atoms. The first-order valence-corrected chi connectivity index (χ1v) is 15.0. The molecule has 3 atom stereocenters. The van der Waals surface area contributed by atoms with Gasteiger partial charge in [-0.15, -0.1) is 11.8 Å². The Labute approximate surface area is 253 Å². The van der Waals surface area contributed by atoms with Crippen LogP contribution in [0.3, 0.4) is 0 Å². The molecule has 2 aromatic carbocycles. The third kappa shape index (κ3) is 9.60. The predicted octanol–water partition coefficient (Wildman–Crippen LogP) is 5.00. The molecule has 0 aliphatic carbocycles. The third-order valence-corrected chi connectivity index (χ3v) is 8.03. The van der Waals surface area contributed by atoms with Gasteiger partial charge in [0.1, 0.15) is 5.03 Å². The van der Waals surface area contributed by atoms with Crippen LogP contribution in [0.2, 0.25) is 0 Å². The number of aliphatic hydroxyl groups excluding tert-OH is 1. The largest absolute Gasteiger partial charge is 0.478 e. The molecule has 1 aliphatic rings. The van der Waals surface area contributed by atoms with E-state index in [2.05, 4.69) is 10.3 Å². The molecule has 1 saturated heterocycles. The second-order valence-electron chi connectivity index (χ2n) is 10.1. The second kappa shape index (κ2) is 16.1. The molecule has 0 unspecified atom stereocenters. The maximum absolute atomic E-state index is 12.5. The smallest absolute Gasteiger partial charge is 0.338 e. The summed E-state index contributed by atoms with van der Waals surface area (Å²) in [5.41, 5.74) is 4.74. The summed E-state index contributed by atoms with van der Waals surface area (Å²) in [7, 11) is 0. The number of aromatic nitrogens is 1. The molecule has 11 nitrogen and oxygen atoms in total. The van der Waals surface area contributed by atoms with Crippen molar-refractivity contribution < 1.29 is 39.3 Å². The molecular formula is C31H35N3O8S. The van der Waals surface area contributed by atoms with Crippen LogP contribution in [0.5, 0.6) is 0 Å². The number of thioether (sulfide) groups is 1. The highest BCUT2D eigenvalue weighted by Crippen LogP contribution is 2.40. The highest BCUT2D eigenvalue weighted by atomic mass is 32.2. The number of aromatic carboxylic acids is 1. The van der Waals surface area contributed by atoms with Crippen molar-refractivity contribution in [2.24, 2.45) is 0 Å². The van der Waals surface area contributed by atoms with E-state index in [1.54, 1.807) is 29.9 Å². The number of nitrogens with zero attached hydrogens (tertiary/aromatic N) is 1. The van der Waals surface area contributed by atoms with Crippen molar-refractivity contribution in [3.8, 4) is 0 Å². The lowest BCUT2D eigenvalue weighted by Crippen LogP contribution is -2.31. The Hall–Kier alpha value is -3.81. The lowest BCUT2D eigenvalue weighted by molar-refractivity contribution is -0.245. The fourth-order valence-corrected chi connectivity index (χ4v) is 5.66. The summed E-state index contributed by atoms with van der Waals surface area (Å²) in [5, 5.41) is 30.9. The van der Waals surface area contributed by atoms with E-state index in [4.69, 9.17) is 14.7 Å². The number of anilines is 1. The molecule has 12 heteroatoms. The summed E-state index contributed by atoms with van der Waals surface area (Å²) in [5.74, 6) is -1.20. The molecule has 2 amide bonds. The fourth-order valence-electron chi connectivity index (χ4n) is 4.65. The van der Waals surface area contributed by atoms with Gasteiger partial charge in [0.05, 0.1) is 24.4 Å². The van der Waals surface area contributed by atoms with E-state index in [1.807, 2.05) is 36.4 Å². The topological polar surface area (TPSA) is 167 Å². The Morgan fingerprint density at radius 3 is 2.42 bits per heavy atom. The molecule has 0 saturated carbocycles. The number of hydrogen-bond acceptors (Lipinski definition) is 9. The van der Waals surface area contributed by atoms with Gasteiger partial charge < -0.3 is 25.0 Å². The fraction of sp³-hybridized carbons (Fsp3) is 0.355. The van der Waals surface area contributed by atoms with Crippen LogP contribution in [0.1, 0.15) is 78.0 Å². The van der Waals surface area contributed by atoms with Gasteiger partial charge in [0.15, 0.2) is 6.29 Å². The molecule has 3 aromatic rings. The van der Waals surface area contributed by atoms with Gasteiger partial charge in [-0.3, -0.25) is 14.8 Å². The van der Waals surface area contributed by atoms with E-state index >= 15 is 0 Å². The maximum atomic E-state index is 12.5. The number of rotatable bonds is 14. The summed E-state index contributed by atoms with van der Waals surface area (Å²) >= 11 is 1.31. The number of carboxylic acids is 1. The van der Waals surface area contributed by atoms with Crippen molar-refractivity contribution >= 4 is 35.2 Å². The van der Waals surface area contributed by atoms with Gasteiger partial charge in [0, 0.05) is 42.5 Å². The first-order valence-electron chi connectivity index (χ1n) is 14.0. The number of benzene rings is 2. The predicted molar refractivity (Wildman–Crippen MR) is 158 cm³/mol. The number of carbonyl (C=O) groups excluding carboxylic acids is 2. The minimum atomic E-state index is -1.05. The van der Waals surface area contributed by atoms with E-state index in [0.29, 0.717) is 54.1 Å². The molecule has 0 bridgehead atoms.